The Morgan fingerprint density at radius 2 is 1.17 bits per heavy atom. The van der Waals surface area contributed by atoms with Crippen LogP contribution < -0.4 is 26.6 Å². The third kappa shape index (κ3) is 9.61. The van der Waals surface area contributed by atoms with Gasteiger partial charge in [0.05, 0.1) is 16.9 Å². The molecule has 12 heteroatoms. The van der Waals surface area contributed by atoms with Crippen LogP contribution in [0.1, 0.15) is 57.6 Å². The lowest BCUT2D eigenvalue weighted by Crippen LogP contribution is -2.24. The maximum absolute atomic E-state index is 11.6. The largest absolute Gasteiger partial charge is 0.506 e. The second kappa shape index (κ2) is 16.7. The second-order valence-electron chi connectivity index (χ2n) is 11.3. The van der Waals surface area contributed by atoms with E-state index < -0.39 is 6.03 Å². The molecule has 0 saturated heterocycles. The van der Waals surface area contributed by atoms with Crippen LogP contribution >= 0.6 is 0 Å². The molecule has 0 atom stereocenters. The predicted octanol–water partition coefficient (Wildman–Crippen LogP) is 6.21. The number of nitrogens with one attached hydrogen (secondary N) is 5. The minimum Gasteiger partial charge on any atom is -0.506 e. The highest BCUT2D eigenvalue weighted by molar-refractivity contribution is 6.05. The quantitative estimate of drug-likeness (QED) is 0.120. The number of fused-ring (bicyclic) bond motifs is 1. The minimum absolute atomic E-state index is 0.0497. The van der Waals surface area contributed by atoms with Gasteiger partial charge in [-0.15, -0.1) is 0 Å². The van der Waals surface area contributed by atoms with Crippen molar-refractivity contribution in [3.05, 3.63) is 81.4 Å². The number of carbonyl (C=O) groups excluding carboxylic acids is 4. The standard InChI is InChI=1S/C14H15NO2.C11H15N3O3.C11H15NO2/c1-8-5-4-6-10-12(8)9(2)7-11(13(10)16)14(17)15-3;1-6-4-9(14-11(17)12-3)10(16)5-8(6)13-7(2)15;1-6-5-10(12-9(4)13)11(14)8(3)7(6)2/h4-7,16H,1-3H3,(H,15,17);4-5,16H,1-3H3,(H,13,15)(H2,12,14,17);5,14H,1-4H3,(H,12,13). The summed E-state index contributed by atoms with van der Waals surface area (Å²) in [5, 5.41) is 43.8. The number of phenolic OH excluding ortho intramolecular Hbond substituents is 3. The van der Waals surface area contributed by atoms with E-state index in [1.807, 2.05) is 52.8 Å². The van der Waals surface area contributed by atoms with Crippen molar-refractivity contribution in [3.63, 3.8) is 0 Å². The highest BCUT2D eigenvalue weighted by atomic mass is 16.3. The summed E-state index contributed by atoms with van der Waals surface area (Å²) in [6.45, 7) is 14.2. The number of aromatic hydroxyl groups is 3. The molecule has 0 spiro atoms. The van der Waals surface area contributed by atoms with Gasteiger partial charge in [-0.1, -0.05) is 18.2 Å². The van der Waals surface area contributed by atoms with Crippen LogP contribution in [0.3, 0.4) is 0 Å². The molecule has 0 aromatic heterocycles. The Morgan fingerprint density at radius 1 is 0.583 bits per heavy atom. The summed E-state index contributed by atoms with van der Waals surface area (Å²) in [4.78, 5) is 44.5. The zero-order valence-corrected chi connectivity index (χ0v) is 29.0. The Hall–Kier alpha value is -5.78. The van der Waals surface area contributed by atoms with E-state index in [-0.39, 0.29) is 40.7 Å². The number of urea groups is 1. The Labute approximate surface area is 280 Å². The van der Waals surface area contributed by atoms with Crippen LogP contribution in [0.5, 0.6) is 17.2 Å². The topological polar surface area (TPSA) is 189 Å². The predicted molar refractivity (Wildman–Crippen MR) is 190 cm³/mol. The molecule has 12 nitrogen and oxygen atoms in total. The molecular weight excluding hydrogens is 614 g/mol. The Kier molecular flexibility index (Phi) is 13.3. The van der Waals surface area contributed by atoms with Crippen molar-refractivity contribution >= 4 is 51.6 Å². The van der Waals surface area contributed by atoms with Gasteiger partial charge < -0.3 is 41.9 Å². The maximum Gasteiger partial charge on any atom is 0.319 e. The maximum atomic E-state index is 11.6. The van der Waals surface area contributed by atoms with Gasteiger partial charge >= 0.3 is 6.03 Å². The van der Waals surface area contributed by atoms with E-state index in [0.29, 0.717) is 16.9 Å². The molecule has 4 aromatic carbocycles. The number of hydrogen-bond acceptors (Lipinski definition) is 7. The van der Waals surface area contributed by atoms with Crippen molar-refractivity contribution in [2.45, 2.75) is 55.4 Å². The van der Waals surface area contributed by atoms with Crippen molar-refractivity contribution in [1.29, 1.82) is 0 Å². The Bertz CT molecular complexity index is 1870. The number of benzene rings is 4. The smallest absolute Gasteiger partial charge is 0.319 e. The van der Waals surface area contributed by atoms with Crippen LogP contribution in [0.15, 0.2) is 42.5 Å². The highest BCUT2D eigenvalue weighted by Crippen LogP contribution is 2.34. The van der Waals surface area contributed by atoms with E-state index in [9.17, 15) is 34.5 Å². The molecule has 0 fully saturated rings. The van der Waals surface area contributed by atoms with E-state index >= 15 is 0 Å². The molecule has 4 rings (SSSR count). The third-order valence-electron chi connectivity index (χ3n) is 7.57. The SMILES string of the molecule is CC(=O)Nc1cc(C)c(C)c(C)c1O.CNC(=O)Nc1cc(C)c(NC(C)=O)cc1O.CNC(=O)c1cc(C)c2c(C)cccc2c1O. The molecule has 0 unspecified atom stereocenters. The fourth-order valence-corrected chi connectivity index (χ4v) is 4.86. The summed E-state index contributed by atoms with van der Waals surface area (Å²) in [7, 11) is 3.03. The van der Waals surface area contributed by atoms with E-state index in [1.54, 1.807) is 32.2 Å². The van der Waals surface area contributed by atoms with Crippen molar-refractivity contribution in [2.75, 3.05) is 30.0 Å². The second-order valence-corrected chi connectivity index (χ2v) is 11.3. The first-order valence-electron chi connectivity index (χ1n) is 15.0. The molecule has 4 aromatic rings. The first-order valence-corrected chi connectivity index (χ1v) is 15.0. The summed E-state index contributed by atoms with van der Waals surface area (Å²) >= 11 is 0. The molecular formula is C36H45N5O7. The Morgan fingerprint density at radius 3 is 1.73 bits per heavy atom. The minimum atomic E-state index is -0.424. The van der Waals surface area contributed by atoms with Gasteiger partial charge in [0.15, 0.2) is 0 Å². The van der Waals surface area contributed by atoms with Gasteiger partial charge in [-0.2, -0.15) is 0 Å². The van der Waals surface area contributed by atoms with Crippen LogP contribution in [0.2, 0.25) is 0 Å². The fourth-order valence-electron chi connectivity index (χ4n) is 4.86. The monoisotopic (exact) mass is 659 g/mol. The van der Waals surface area contributed by atoms with Crippen LogP contribution in [-0.4, -0.2) is 53.2 Å². The molecule has 5 amide bonds. The summed E-state index contributed by atoms with van der Waals surface area (Å²) < 4.78 is 0. The third-order valence-corrected chi connectivity index (χ3v) is 7.57. The lowest BCUT2D eigenvalue weighted by Gasteiger charge is -2.12. The first-order chi connectivity index (χ1) is 22.4. The van der Waals surface area contributed by atoms with Crippen LogP contribution in [0, 0.1) is 41.5 Å². The van der Waals surface area contributed by atoms with Crippen molar-refractivity contribution in [1.82, 2.24) is 10.6 Å². The molecule has 0 bridgehead atoms. The molecule has 256 valence electrons. The number of rotatable bonds is 4. The lowest BCUT2D eigenvalue weighted by molar-refractivity contribution is -0.115. The van der Waals surface area contributed by atoms with Crippen molar-refractivity contribution < 1.29 is 34.5 Å². The zero-order chi connectivity index (χ0) is 36.5. The highest BCUT2D eigenvalue weighted by Gasteiger charge is 2.15. The van der Waals surface area contributed by atoms with Gasteiger partial charge in [0.2, 0.25) is 11.8 Å². The summed E-state index contributed by atoms with van der Waals surface area (Å²) in [5.41, 5.74) is 7.36. The van der Waals surface area contributed by atoms with Crippen molar-refractivity contribution in [2.24, 2.45) is 0 Å². The van der Waals surface area contributed by atoms with E-state index in [4.69, 9.17) is 0 Å². The molecule has 8 N–H and O–H groups in total. The molecule has 0 saturated carbocycles. The summed E-state index contributed by atoms with van der Waals surface area (Å²) in [6.07, 6.45) is 0. The average Bonchev–Trinajstić information content (AvgIpc) is 3.02. The number of carbonyl (C=O) groups is 4. The summed E-state index contributed by atoms with van der Waals surface area (Å²) in [5.74, 6) is -0.573. The zero-order valence-electron chi connectivity index (χ0n) is 29.0. The normalized spacial score (nSPS) is 10.0. The van der Waals surface area contributed by atoms with E-state index in [2.05, 4.69) is 26.6 Å². The molecule has 0 heterocycles. The van der Waals surface area contributed by atoms with Gasteiger partial charge in [0.1, 0.15) is 17.2 Å². The van der Waals surface area contributed by atoms with Gasteiger partial charge in [-0.3, -0.25) is 14.4 Å². The number of hydrogen-bond donors (Lipinski definition) is 8. The Balaban J connectivity index is 0.000000252. The molecule has 0 aliphatic heterocycles. The molecule has 0 aliphatic carbocycles. The van der Waals surface area contributed by atoms with Crippen LogP contribution in [0.4, 0.5) is 21.9 Å². The number of anilines is 3. The number of aryl methyl sites for hydroxylation is 4. The van der Waals surface area contributed by atoms with Gasteiger partial charge in [0.25, 0.3) is 5.91 Å². The van der Waals surface area contributed by atoms with Gasteiger partial charge in [-0.25, -0.2) is 4.79 Å². The molecule has 48 heavy (non-hydrogen) atoms. The first kappa shape index (κ1) is 38.4. The van der Waals surface area contributed by atoms with Crippen LogP contribution in [-0.2, 0) is 9.59 Å². The van der Waals surface area contributed by atoms with E-state index in [0.717, 1.165) is 44.2 Å². The van der Waals surface area contributed by atoms with Gasteiger partial charge in [-0.05, 0) is 98.5 Å². The summed E-state index contributed by atoms with van der Waals surface area (Å²) in [6, 6.07) is 11.8. The van der Waals surface area contributed by atoms with Gasteiger partial charge in [0, 0.05) is 45.1 Å². The lowest BCUT2D eigenvalue weighted by atomic mass is 9.96. The van der Waals surface area contributed by atoms with Crippen molar-refractivity contribution in [3.8, 4) is 17.2 Å². The van der Waals surface area contributed by atoms with E-state index in [1.165, 1.54) is 27.0 Å². The average molecular weight is 660 g/mol. The fraction of sp³-hybridized carbons (Fsp3) is 0.278. The molecule has 0 radical (unpaired) electrons. The number of amides is 5. The molecule has 0 aliphatic rings. The number of phenols is 3. The van der Waals surface area contributed by atoms with Crippen LogP contribution in [0.25, 0.3) is 10.8 Å².